The zero-order chi connectivity index (χ0) is 24.6. The predicted octanol–water partition coefficient (Wildman–Crippen LogP) is 5.23. The first-order valence-corrected chi connectivity index (χ1v) is 11.3. The molecule has 7 heteroatoms. The Bertz CT molecular complexity index is 1380. The lowest BCUT2D eigenvalue weighted by atomic mass is 10.1. The topological polar surface area (TPSA) is 94.8 Å². The highest BCUT2D eigenvalue weighted by Crippen LogP contribution is 2.24. The average Bonchev–Trinajstić information content (AvgIpc) is 2.89. The number of carbonyl (C=O) groups excluding carboxylic acids is 2. The van der Waals surface area contributed by atoms with Crippen LogP contribution in [0, 0.1) is 0 Å². The van der Waals surface area contributed by atoms with Crippen LogP contribution in [0.1, 0.15) is 39.3 Å². The third-order valence-electron chi connectivity index (χ3n) is 5.48. The van der Waals surface area contributed by atoms with Gasteiger partial charge in [0.15, 0.2) is 11.0 Å². The molecule has 1 amide bonds. The fourth-order valence-electron chi connectivity index (χ4n) is 3.64. The normalized spacial score (nSPS) is 10.7. The van der Waals surface area contributed by atoms with E-state index in [-0.39, 0.29) is 22.4 Å². The number of fused-ring (bicyclic) bond motifs is 1. The van der Waals surface area contributed by atoms with Crippen LogP contribution < -0.4 is 15.5 Å². The minimum absolute atomic E-state index is 0.101. The van der Waals surface area contributed by atoms with E-state index in [0.29, 0.717) is 17.9 Å². The quantitative estimate of drug-likeness (QED) is 0.265. The SMILES string of the molecule is COC(=O)c1cc(=O)c2cccc(NC(=O)c3ccc(OCCCCc4ccccc4)cc3)c2o1. The molecule has 4 aromatic rings. The van der Waals surface area contributed by atoms with Crippen molar-refractivity contribution in [1.29, 1.82) is 0 Å². The fraction of sp³-hybridized carbons (Fsp3) is 0.179. The minimum atomic E-state index is -0.777. The largest absolute Gasteiger partial charge is 0.494 e. The van der Waals surface area contributed by atoms with Crippen molar-refractivity contribution in [1.82, 2.24) is 0 Å². The highest BCUT2D eigenvalue weighted by atomic mass is 16.5. The molecule has 7 nitrogen and oxygen atoms in total. The van der Waals surface area contributed by atoms with Gasteiger partial charge in [-0.3, -0.25) is 9.59 Å². The molecular formula is C28H25NO6. The van der Waals surface area contributed by atoms with Gasteiger partial charge in [-0.25, -0.2) is 4.79 Å². The number of hydrogen-bond acceptors (Lipinski definition) is 6. The van der Waals surface area contributed by atoms with E-state index < -0.39 is 17.3 Å². The molecule has 35 heavy (non-hydrogen) atoms. The van der Waals surface area contributed by atoms with Crippen molar-refractivity contribution in [3.8, 4) is 5.75 Å². The Hall–Kier alpha value is -4.39. The fourth-order valence-corrected chi connectivity index (χ4v) is 3.64. The van der Waals surface area contributed by atoms with Crippen molar-refractivity contribution >= 4 is 28.5 Å². The molecule has 0 unspecified atom stereocenters. The zero-order valence-corrected chi connectivity index (χ0v) is 19.3. The molecule has 0 fully saturated rings. The first-order chi connectivity index (χ1) is 17.0. The van der Waals surface area contributed by atoms with E-state index in [1.54, 1.807) is 42.5 Å². The summed E-state index contributed by atoms with van der Waals surface area (Å²) in [7, 11) is 1.19. The standard InChI is InChI=1S/C28H25NO6/c1-33-28(32)25-18-24(30)22-11-7-12-23(26(22)35-25)29-27(31)20-13-15-21(16-14-20)34-17-6-5-10-19-8-3-2-4-9-19/h2-4,7-9,11-16,18H,5-6,10,17H2,1H3,(H,29,31). The number of nitrogens with one attached hydrogen (secondary N) is 1. The Morgan fingerprint density at radius 3 is 2.43 bits per heavy atom. The van der Waals surface area contributed by atoms with Crippen molar-refractivity contribution in [2.75, 3.05) is 19.0 Å². The second-order valence-electron chi connectivity index (χ2n) is 7.92. The molecule has 3 aromatic carbocycles. The highest BCUT2D eigenvalue weighted by Gasteiger charge is 2.16. The van der Waals surface area contributed by atoms with Gasteiger partial charge in [0.25, 0.3) is 5.91 Å². The van der Waals surface area contributed by atoms with Gasteiger partial charge in [-0.15, -0.1) is 0 Å². The molecule has 0 bridgehead atoms. The summed E-state index contributed by atoms with van der Waals surface area (Å²) < 4.78 is 16.0. The Labute approximate surface area is 202 Å². The van der Waals surface area contributed by atoms with Crippen molar-refractivity contribution in [2.45, 2.75) is 19.3 Å². The molecule has 0 aliphatic rings. The molecule has 0 saturated carbocycles. The number of amides is 1. The second kappa shape index (κ2) is 11.2. The van der Waals surface area contributed by atoms with Gasteiger partial charge in [0.1, 0.15) is 5.75 Å². The molecule has 1 N–H and O–H groups in total. The van der Waals surface area contributed by atoms with Crippen LogP contribution in [0.5, 0.6) is 5.75 Å². The molecule has 1 heterocycles. The van der Waals surface area contributed by atoms with Crippen molar-refractivity contribution in [2.24, 2.45) is 0 Å². The molecule has 178 valence electrons. The molecule has 0 saturated heterocycles. The lowest BCUT2D eigenvalue weighted by Gasteiger charge is -2.10. The van der Waals surface area contributed by atoms with Crippen molar-refractivity contribution in [3.05, 3.63) is 106 Å². The molecule has 0 spiro atoms. The van der Waals surface area contributed by atoms with Gasteiger partial charge in [-0.05, 0) is 61.2 Å². The number of anilines is 1. The minimum Gasteiger partial charge on any atom is -0.494 e. The predicted molar refractivity (Wildman–Crippen MR) is 133 cm³/mol. The lowest BCUT2D eigenvalue weighted by molar-refractivity contribution is 0.0565. The number of rotatable bonds is 9. The summed E-state index contributed by atoms with van der Waals surface area (Å²) in [5.41, 5.74) is 1.69. The maximum atomic E-state index is 12.8. The van der Waals surface area contributed by atoms with E-state index in [0.717, 1.165) is 25.3 Å². The Balaban J connectivity index is 1.37. The monoisotopic (exact) mass is 471 g/mol. The van der Waals surface area contributed by atoms with Crippen molar-refractivity contribution < 1.29 is 23.5 Å². The second-order valence-corrected chi connectivity index (χ2v) is 7.92. The van der Waals surface area contributed by atoms with Gasteiger partial charge in [-0.2, -0.15) is 0 Å². The Morgan fingerprint density at radius 2 is 1.69 bits per heavy atom. The Kier molecular flexibility index (Phi) is 7.57. The van der Waals surface area contributed by atoms with Crippen molar-refractivity contribution in [3.63, 3.8) is 0 Å². The van der Waals surface area contributed by atoms with Gasteiger partial charge in [0.05, 0.1) is 24.8 Å². The van der Waals surface area contributed by atoms with Crippen LogP contribution in [0.25, 0.3) is 11.0 Å². The maximum absolute atomic E-state index is 12.8. The molecule has 0 aliphatic heterocycles. The highest BCUT2D eigenvalue weighted by molar-refractivity contribution is 6.08. The van der Waals surface area contributed by atoms with Crippen LogP contribution in [0.4, 0.5) is 5.69 Å². The third-order valence-corrected chi connectivity index (χ3v) is 5.48. The number of carbonyl (C=O) groups is 2. The van der Waals surface area contributed by atoms with Gasteiger partial charge in [0, 0.05) is 11.6 Å². The number of esters is 1. The van der Waals surface area contributed by atoms with Gasteiger partial charge < -0.3 is 19.2 Å². The van der Waals surface area contributed by atoms with E-state index in [4.69, 9.17) is 9.15 Å². The van der Waals surface area contributed by atoms with Crippen LogP contribution in [-0.4, -0.2) is 25.6 Å². The van der Waals surface area contributed by atoms with Gasteiger partial charge in [0.2, 0.25) is 5.76 Å². The lowest BCUT2D eigenvalue weighted by Crippen LogP contribution is -2.14. The summed E-state index contributed by atoms with van der Waals surface area (Å²) in [5, 5.41) is 2.99. The Morgan fingerprint density at radius 1 is 0.914 bits per heavy atom. The molecule has 1 aromatic heterocycles. The third kappa shape index (κ3) is 5.95. The van der Waals surface area contributed by atoms with E-state index >= 15 is 0 Å². The molecule has 4 rings (SSSR count). The summed E-state index contributed by atoms with van der Waals surface area (Å²) in [5.74, 6) is -0.726. The number of aryl methyl sites for hydroxylation is 1. The van der Waals surface area contributed by atoms with Crippen LogP contribution in [-0.2, 0) is 11.2 Å². The average molecular weight is 472 g/mol. The number of para-hydroxylation sites is 1. The van der Waals surface area contributed by atoms with Crippen LogP contribution >= 0.6 is 0 Å². The molecule has 0 aliphatic carbocycles. The van der Waals surface area contributed by atoms with Crippen LogP contribution in [0.2, 0.25) is 0 Å². The number of benzene rings is 3. The molecular weight excluding hydrogens is 446 g/mol. The molecule has 0 atom stereocenters. The van der Waals surface area contributed by atoms with Crippen LogP contribution in [0.3, 0.4) is 0 Å². The number of methoxy groups -OCH3 is 1. The zero-order valence-electron chi connectivity index (χ0n) is 19.3. The summed E-state index contributed by atoms with van der Waals surface area (Å²) in [6.45, 7) is 0.593. The van der Waals surface area contributed by atoms with Gasteiger partial charge in [-0.1, -0.05) is 36.4 Å². The summed E-state index contributed by atoms with van der Waals surface area (Å²) >= 11 is 0. The van der Waals surface area contributed by atoms with E-state index in [1.165, 1.54) is 12.7 Å². The maximum Gasteiger partial charge on any atom is 0.374 e. The summed E-state index contributed by atoms with van der Waals surface area (Å²) in [6, 6.07) is 23.0. The summed E-state index contributed by atoms with van der Waals surface area (Å²) in [4.78, 5) is 37.0. The molecule has 0 radical (unpaired) electrons. The van der Waals surface area contributed by atoms with Gasteiger partial charge >= 0.3 is 5.97 Å². The first kappa shape index (κ1) is 23.8. The van der Waals surface area contributed by atoms with E-state index in [1.807, 2.05) is 18.2 Å². The number of ether oxygens (including phenoxy) is 2. The van der Waals surface area contributed by atoms with Crippen LogP contribution in [0.15, 0.2) is 88.1 Å². The van der Waals surface area contributed by atoms with E-state index in [2.05, 4.69) is 22.2 Å². The summed E-state index contributed by atoms with van der Waals surface area (Å²) in [6.07, 6.45) is 2.97. The smallest absolute Gasteiger partial charge is 0.374 e. The number of hydrogen-bond donors (Lipinski definition) is 1. The first-order valence-electron chi connectivity index (χ1n) is 11.3. The van der Waals surface area contributed by atoms with E-state index in [9.17, 15) is 14.4 Å². The number of unbranched alkanes of at least 4 members (excludes halogenated alkanes) is 1.